The highest BCUT2D eigenvalue weighted by atomic mass is 35.5. The smallest absolute Gasteiger partial charge is 0.204 e. The molecule has 0 aliphatic carbocycles. The van der Waals surface area contributed by atoms with E-state index in [-0.39, 0.29) is 6.41 Å². The standard InChI is InChI=1S/C23H25ClN2O2.CH3NO/c1-2-3-13-25-23(21(28)16-27,15-17-9-5-4-6-10-17)19-14-18-11-7-8-12-20(18)26-22(19)24;2-1-3/h4-12,14,16,21,25,28H,2-3,13,15H2,1H3;1H,(H2,2,3). The number of benzene rings is 2. The second-order valence-corrected chi connectivity index (χ2v) is 7.51. The number of aliphatic hydroxyl groups excluding tert-OH is 1. The number of aldehydes is 1. The Morgan fingerprint density at radius 3 is 2.45 bits per heavy atom. The number of fused-ring (bicyclic) bond motifs is 1. The van der Waals surface area contributed by atoms with E-state index in [4.69, 9.17) is 16.4 Å². The molecular formula is C24H28ClN3O3. The maximum Gasteiger partial charge on any atom is 0.204 e. The molecule has 6 nitrogen and oxygen atoms in total. The van der Waals surface area contributed by atoms with Crippen LogP contribution in [0.4, 0.5) is 0 Å². The minimum Gasteiger partial charge on any atom is -0.383 e. The van der Waals surface area contributed by atoms with Crippen LogP contribution in [0.5, 0.6) is 0 Å². The number of primary amides is 1. The zero-order chi connectivity index (χ0) is 22.7. The lowest BCUT2D eigenvalue weighted by Gasteiger charge is -2.38. The Bertz CT molecular complexity index is 984. The zero-order valence-corrected chi connectivity index (χ0v) is 18.3. The highest BCUT2D eigenvalue weighted by Crippen LogP contribution is 2.35. The van der Waals surface area contributed by atoms with E-state index in [0.717, 1.165) is 29.3 Å². The highest BCUT2D eigenvalue weighted by Gasteiger charge is 2.41. The summed E-state index contributed by atoms with van der Waals surface area (Å²) < 4.78 is 0. The van der Waals surface area contributed by atoms with Crippen LogP contribution in [0.25, 0.3) is 10.9 Å². The molecule has 31 heavy (non-hydrogen) atoms. The molecule has 1 aromatic heterocycles. The van der Waals surface area contributed by atoms with Gasteiger partial charge in [0.1, 0.15) is 11.3 Å². The van der Waals surface area contributed by atoms with Gasteiger partial charge in [0.15, 0.2) is 6.29 Å². The maximum atomic E-state index is 11.8. The monoisotopic (exact) mass is 441 g/mol. The van der Waals surface area contributed by atoms with E-state index in [0.29, 0.717) is 30.0 Å². The highest BCUT2D eigenvalue weighted by molar-refractivity contribution is 6.30. The number of nitrogens with two attached hydrogens (primary N) is 1. The summed E-state index contributed by atoms with van der Waals surface area (Å²) in [5, 5.41) is 15.5. The van der Waals surface area contributed by atoms with Crippen LogP contribution in [-0.4, -0.2) is 35.4 Å². The van der Waals surface area contributed by atoms with Crippen LogP contribution in [0.1, 0.15) is 30.9 Å². The van der Waals surface area contributed by atoms with Crippen molar-refractivity contribution in [3.8, 4) is 0 Å². The van der Waals surface area contributed by atoms with Gasteiger partial charge in [0.25, 0.3) is 0 Å². The molecule has 2 atom stereocenters. The molecule has 1 heterocycles. The maximum absolute atomic E-state index is 11.8. The van der Waals surface area contributed by atoms with Gasteiger partial charge in [0.05, 0.1) is 11.1 Å². The molecule has 164 valence electrons. The molecule has 0 radical (unpaired) electrons. The van der Waals surface area contributed by atoms with Crippen molar-refractivity contribution < 1.29 is 14.7 Å². The quantitative estimate of drug-likeness (QED) is 0.268. The molecule has 0 saturated heterocycles. The van der Waals surface area contributed by atoms with Crippen LogP contribution in [0.2, 0.25) is 5.15 Å². The van der Waals surface area contributed by atoms with Gasteiger partial charge in [-0.25, -0.2) is 4.98 Å². The first kappa shape index (κ1) is 24.5. The second kappa shape index (κ2) is 12.2. The number of hydrogen-bond donors (Lipinski definition) is 3. The first-order chi connectivity index (χ1) is 15.0. The number of nitrogens with one attached hydrogen (secondary N) is 1. The largest absolute Gasteiger partial charge is 0.383 e. The number of carbonyl (C=O) groups excluding carboxylic acids is 2. The van der Waals surface area contributed by atoms with Crippen molar-refractivity contribution in [1.82, 2.24) is 10.3 Å². The van der Waals surface area contributed by atoms with Gasteiger partial charge in [-0.2, -0.15) is 0 Å². The van der Waals surface area contributed by atoms with Gasteiger partial charge >= 0.3 is 0 Å². The summed E-state index contributed by atoms with van der Waals surface area (Å²) in [4.78, 5) is 24.9. The number of unbranched alkanes of at least 4 members (excludes halogenated alkanes) is 1. The fourth-order valence-corrected chi connectivity index (χ4v) is 3.86. The summed E-state index contributed by atoms with van der Waals surface area (Å²) in [5.41, 5.74) is 5.51. The van der Waals surface area contributed by atoms with E-state index in [1.807, 2.05) is 60.7 Å². The summed E-state index contributed by atoms with van der Waals surface area (Å²) in [6, 6.07) is 19.4. The summed E-state index contributed by atoms with van der Waals surface area (Å²) >= 11 is 6.59. The molecule has 2 aromatic carbocycles. The molecule has 0 aliphatic heterocycles. The van der Waals surface area contributed by atoms with Crippen molar-refractivity contribution in [2.45, 2.75) is 37.8 Å². The summed E-state index contributed by atoms with van der Waals surface area (Å²) in [7, 11) is 0. The molecule has 4 N–H and O–H groups in total. The van der Waals surface area contributed by atoms with Crippen molar-refractivity contribution >= 4 is 35.2 Å². The van der Waals surface area contributed by atoms with Crippen molar-refractivity contribution in [2.24, 2.45) is 5.73 Å². The van der Waals surface area contributed by atoms with Crippen molar-refractivity contribution in [1.29, 1.82) is 0 Å². The Labute approximate surface area is 187 Å². The number of aliphatic hydroxyl groups is 1. The Morgan fingerprint density at radius 2 is 1.81 bits per heavy atom. The Morgan fingerprint density at radius 1 is 1.16 bits per heavy atom. The van der Waals surface area contributed by atoms with Crippen LogP contribution in [-0.2, 0) is 21.5 Å². The third kappa shape index (κ3) is 6.10. The van der Waals surface area contributed by atoms with Gasteiger partial charge in [-0.05, 0) is 37.1 Å². The number of halogens is 1. The van der Waals surface area contributed by atoms with Gasteiger partial charge < -0.3 is 21.0 Å². The molecule has 1 amide bonds. The van der Waals surface area contributed by atoms with Crippen LogP contribution in [0.15, 0.2) is 60.7 Å². The Balaban J connectivity index is 0.00000107. The van der Waals surface area contributed by atoms with Gasteiger partial charge in [-0.15, -0.1) is 0 Å². The molecular weight excluding hydrogens is 414 g/mol. The third-order valence-corrected chi connectivity index (χ3v) is 5.38. The van der Waals surface area contributed by atoms with Crippen molar-refractivity contribution in [3.63, 3.8) is 0 Å². The number of aromatic nitrogens is 1. The molecule has 3 rings (SSSR count). The number of pyridine rings is 1. The van der Waals surface area contributed by atoms with E-state index in [9.17, 15) is 9.90 Å². The lowest BCUT2D eigenvalue weighted by atomic mass is 9.79. The molecule has 0 bridgehead atoms. The van der Waals surface area contributed by atoms with Crippen LogP contribution < -0.4 is 11.1 Å². The van der Waals surface area contributed by atoms with Gasteiger partial charge in [0, 0.05) is 10.9 Å². The Kier molecular flexibility index (Phi) is 9.59. The topological polar surface area (TPSA) is 105 Å². The molecule has 0 saturated carbocycles. The number of carbonyl (C=O) groups is 2. The van der Waals surface area contributed by atoms with E-state index in [1.165, 1.54) is 0 Å². The van der Waals surface area contributed by atoms with E-state index in [1.54, 1.807) is 0 Å². The molecule has 0 aliphatic rings. The number of amides is 1. The summed E-state index contributed by atoms with van der Waals surface area (Å²) in [5.74, 6) is 0. The normalized spacial score (nSPS) is 13.5. The van der Waals surface area contributed by atoms with Gasteiger partial charge in [0.2, 0.25) is 6.41 Å². The number of nitrogens with zero attached hydrogens (tertiary/aromatic N) is 1. The Hall–Kier alpha value is -2.80. The minimum absolute atomic E-state index is 0.250. The molecule has 0 spiro atoms. The molecule has 7 heteroatoms. The number of rotatable bonds is 9. The van der Waals surface area contributed by atoms with Crippen LogP contribution in [0.3, 0.4) is 0 Å². The van der Waals surface area contributed by atoms with E-state index >= 15 is 0 Å². The summed E-state index contributed by atoms with van der Waals surface area (Å²) in [6.07, 6.45) is 1.88. The fourth-order valence-electron chi connectivity index (χ4n) is 3.55. The first-order valence-electron chi connectivity index (χ1n) is 10.2. The average Bonchev–Trinajstić information content (AvgIpc) is 2.79. The van der Waals surface area contributed by atoms with E-state index < -0.39 is 11.6 Å². The summed E-state index contributed by atoms with van der Waals surface area (Å²) in [6.45, 7) is 2.75. The minimum atomic E-state index is -1.27. The number of para-hydroxylation sites is 1. The molecule has 2 unspecified atom stereocenters. The van der Waals surface area contributed by atoms with Gasteiger partial charge in [-0.3, -0.25) is 4.79 Å². The third-order valence-electron chi connectivity index (χ3n) is 5.09. The van der Waals surface area contributed by atoms with Crippen molar-refractivity contribution in [2.75, 3.05) is 6.54 Å². The van der Waals surface area contributed by atoms with Crippen LogP contribution in [0, 0.1) is 0 Å². The van der Waals surface area contributed by atoms with Gasteiger partial charge in [-0.1, -0.05) is 73.5 Å². The predicted octanol–water partition coefficient (Wildman–Crippen LogP) is 3.38. The predicted molar refractivity (Wildman–Crippen MR) is 124 cm³/mol. The van der Waals surface area contributed by atoms with E-state index in [2.05, 4.69) is 23.0 Å². The SMILES string of the molecule is CCCCNC(Cc1ccccc1)(c1cc2ccccc2nc1Cl)C(O)C=O.NC=O. The molecule has 0 fully saturated rings. The lowest BCUT2D eigenvalue weighted by Crippen LogP contribution is -2.54. The fraction of sp³-hybridized carbons (Fsp3) is 0.292. The second-order valence-electron chi connectivity index (χ2n) is 7.15. The molecule has 3 aromatic rings. The lowest BCUT2D eigenvalue weighted by molar-refractivity contribution is -0.119. The van der Waals surface area contributed by atoms with Crippen molar-refractivity contribution in [3.05, 3.63) is 76.9 Å². The first-order valence-corrected chi connectivity index (χ1v) is 10.5. The zero-order valence-electron chi connectivity index (χ0n) is 17.5. The average molecular weight is 442 g/mol. The van der Waals surface area contributed by atoms with Crippen LogP contribution >= 0.6 is 11.6 Å². The number of hydrogen-bond acceptors (Lipinski definition) is 5.